The number of amides is 2. The fourth-order valence-corrected chi connectivity index (χ4v) is 2.23. The van der Waals surface area contributed by atoms with Crippen molar-refractivity contribution in [2.24, 2.45) is 0 Å². The Labute approximate surface area is 156 Å². The van der Waals surface area contributed by atoms with E-state index < -0.39 is 5.97 Å². The van der Waals surface area contributed by atoms with Crippen LogP contribution >= 0.6 is 0 Å². The maximum atomic E-state index is 12.1. The first-order chi connectivity index (χ1) is 12.9. The van der Waals surface area contributed by atoms with Crippen LogP contribution in [0.5, 0.6) is 5.75 Å². The maximum Gasteiger partial charge on any atom is 0.335 e. The number of methoxy groups -OCH3 is 1. The topological polar surface area (TPSA) is 95.9 Å². The number of carboxylic acids is 1. The molecule has 0 saturated heterocycles. The molecule has 2 rings (SSSR count). The van der Waals surface area contributed by atoms with Gasteiger partial charge in [-0.15, -0.1) is 0 Å². The van der Waals surface area contributed by atoms with E-state index >= 15 is 0 Å². The highest BCUT2D eigenvalue weighted by Gasteiger charge is 2.11. The molecule has 0 fully saturated rings. The van der Waals surface area contributed by atoms with Crippen molar-refractivity contribution in [1.82, 2.24) is 4.90 Å². The average Bonchev–Trinajstić information content (AvgIpc) is 2.66. The standard InChI is InChI=1S/C20H20N2O5/c1-22(19(24)11-6-14-4-3-5-17(12-14)27-2)13-18(23)21-16-9-7-15(8-10-16)20(25)26/h3-12H,13H2,1-2H3,(H,21,23)(H,25,26)/b11-6+. The summed E-state index contributed by atoms with van der Waals surface area (Å²) in [5, 5.41) is 11.5. The first-order valence-corrected chi connectivity index (χ1v) is 8.09. The van der Waals surface area contributed by atoms with Crippen LogP contribution in [0.2, 0.25) is 0 Å². The molecule has 0 aromatic heterocycles. The molecule has 0 aliphatic carbocycles. The van der Waals surface area contributed by atoms with Gasteiger partial charge in [0, 0.05) is 18.8 Å². The SMILES string of the molecule is COc1cccc(/C=C/C(=O)N(C)CC(=O)Nc2ccc(C(=O)O)cc2)c1. The van der Waals surface area contributed by atoms with Crippen molar-refractivity contribution in [3.63, 3.8) is 0 Å². The van der Waals surface area contributed by atoms with Crippen LogP contribution in [0.15, 0.2) is 54.6 Å². The summed E-state index contributed by atoms with van der Waals surface area (Å²) in [5.74, 6) is -1.06. The molecular weight excluding hydrogens is 348 g/mol. The van der Waals surface area contributed by atoms with Crippen LogP contribution in [0, 0.1) is 0 Å². The second kappa shape index (κ2) is 9.19. The Bertz CT molecular complexity index is 859. The smallest absolute Gasteiger partial charge is 0.335 e. The van der Waals surface area contributed by atoms with Gasteiger partial charge in [0.1, 0.15) is 5.75 Å². The van der Waals surface area contributed by atoms with Crippen molar-refractivity contribution in [3.05, 3.63) is 65.7 Å². The van der Waals surface area contributed by atoms with Gasteiger partial charge in [-0.05, 0) is 48.0 Å². The van der Waals surface area contributed by atoms with Crippen LogP contribution in [-0.4, -0.2) is 48.5 Å². The van der Waals surface area contributed by atoms with Gasteiger partial charge in [0.05, 0.1) is 19.2 Å². The molecule has 7 heteroatoms. The first kappa shape index (κ1) is 19.7. The number of likely N-dealkylation sites (N-methyl/N-ethyl adjacent to an activating group) is 1. The molecule has 7 nitrogen and oxygen atoms in total. The van der Waals surface area contributed by atoms with Gasteiger partial charge < -0.3 is 20.1 Å². The van der Waals surface area contributed by atoms with E-state index in [0.29, 0.717) is 11.4 Å². The summed E-state index contributed by atoms with van der Waals surface area (Å²) < 4.78 is 5.12. The third kappa shape index (κ3) is 6.00. The van der Waals surface area contributed by atoms with Gasteiger partial charge >= 0.3 is 5.97 Å². The average molecular weight is 368 g/mol. The summed E-state index contributed by atoms with van der Waals surface area (Å²) in [5.41, 5.74) is 1.39. The van der Waals surface area contributed by atoms with Crippen LogP contribution in [0.4, 0.5) is 5.69 Å². The van der Waals surface area contributed by atoms with Crippen molar-refractivity contribution in [2.45, 2.75) is 0 Å². The number of anilines is 1. The monoisotopic (exact) mass is 368 g/mol. The summed E-state index contributed by atoms with van der Waals surface area (Å²) >= 11 is 0. The van der Waals surface area contributed by atoms with Gasteiger partial charge in [-0.3, -0.25) is 9.59 Å². The summed E-state index contributed by atoms with van der Waals surface area (Å²) in [6.07, 6.45) is 3.02. The first-order valence-electron chi connectivity index (χ1n) is 8.09. The summed E-state index contributed by atoms with van der Waals surface area (Å²) in [4.78, 5) is 36.3. The molecule has 0 atom stereocenters. The fourth-order valence-electron chi connectivity index (χ4n) is 2.23. The van der Waals surface area contributed by atoms with Gasteiger partial charge in [-0.2, -0.15) is 0 Å². The molecule has 2 N–H and O–H groups in total. The molecule has 0 spiro atoms. The lowest BCUT2D eigenvalue weighted by atomic mass is 10.2. The number of ether oxygens (including phenoxy) is 1. The lowest BCUT2D eigenvalue weighted by Crippen LogP contribution is -2.33. The zero-order valence-electron chi connectivity index (χ0n) is 15.0. The van der Waals surface area contributed by atoms with Crippen molar-refractivity contribution >= 4 is 29.5 Å². The molecular formula is C20H20N2O5. The van der Waals surface area contributed by atoms with Crippen molar-refractivity contribution in [3.8, 4) is 5.75 Å². The number of carbonyl (C=O) groups excluding carboxylic acids is 2. The summed E-state index contributed by atoms with van der Waals surface area (Å²) in [6.45, 7) is -0.137. The summed E-state index contributed by atoms with van der Waals surface area (Å²) in [7, 11) is 3.08. The Morgan fingerprint density at radius 3 is 2.48 bits per heavy atom. The van der Waals surface area contributed by atoms with E-state index in [1.165, 1.54) is 42.3 Å². The highest BCUT2D eigenvalue weighted by Crippen LogP contribution is 2.14. The van der Waals surface area contributed by atoms with Crippen LogP contribution in [0.3, 0.4) is 0 Å². The lowest BCUT2D eigenvalue weighted by molar-refractivity contribution is -0.129. The van der Waals surface area contributed by atoms with E-state index in [-0.39, 0.29) is 23.9 Å². The quantitative estimate of drug-likeness (QED) is 0.732. The number of carboxylic acid groups (broad SMARTS) is 1. The Morgan fingerprint density at radius 2 is 1.85 bits per heavy atom. The molecule has 0 radical (unpaired) electrons. The molecule has 2 aromatic carbocycles. The largest absolute Gasteiger partial charge is 0.497 e. The lowest BCUT2D eigenvalue weighted by Gasteiger charge is -2.15. The molecule has 140 valence electrons. The number of aromatic carboxylic acids is 1. The highest BCUT2D eigenvalue weighted by molar-refractivity contribution is 5.98. The number of benzene rings is 2. The number of rotatable bonds is 7. The van der Waals surface area contributed by atoms with Gasteiger partial charge in [-0.1, -0.05) is 12.1 Å². The molecule has 2 aromatic rings. The fraction of sp³-hybridized carbons (Fsp3) is 0.150. The van der Waals surface area contributed by atoms with Gasteiger partial charge in [-0.25, -0.2) is 4.79 Å². The third-order valence-electron chi connectivity index (χ3n) is 3.68. The minimum Gasteiger partial charge on any atom is -0.497 e. The van der Waals surface area contributed by atoms with Crippen molar-refractivity contribution < 1.29 is 24.2 Å². The molecule has 2 amide bonds. The molecule has 0 saturated carbocycles. The van der Waals surface area contributed by atoms with E-state index in [4.69, 9.17) is 9.84 Å². The van der Waals surface area contributed by atoms with E-state index in [9.17, 15) is 14.4 Å². The maximum absolute atomic E-state index is 12.1. The van der Waals surface area contributed by atoms with E-state index in [1.807, 2.05) is 12.1 Å². The Morgan fingerprint density at radius 1 is 1.15 bits per heavy atom. The molecule has 0 unspecified atom stereocenters. The molecule has 0 heterocycles. The molecule has 0 bridgehead atoms. The molecule has 0 aliphatic rings. The minimum absolute atomic E-state index is 0.128. The number of hydrogen-bond acceptors (Lipinski definition) is 4. The predicted octanol–water partition coefficient (Wildman–Crippen LogP) is 2.50. The number of carbonyl (C=O) groups is 3. The van der Waals surface area contributed by atoms with Gasteiger partial charge in [0.25, 0.3) is 0 Å². The molecule has 0 aliphatic heterocycles. The third-order valence-corrected chi connectivity index (χ3v) is 3.68. The Balaban J connectivity index is 1.89. The normalized spacial score (nSPS) is 10.4. The Hall–Kier alpha value is -3.61. The van der Waals surface area contributed by atoms with Crippen molar-refractivity contribution in [1.29, 1.82) is 0 Å². The predicted molar refractivity (Wildman–Crippen MR) is 102 cm³/mol. The molecule has 27 heavy (non-hydrogen) atoms. The minimum atomic E-state index is -1.04. The van der Waals surface area contributed by atoms with Crippen LogP contribution < -0.4 is 10.1 Å². The van der Waals surface area contributed by atoms with E-state index in [1.54, 1.807) is 25.3 Å². The second-order valence-electron chi connectivity index (χ2n) is 5.73. The Kier molecular flexibility index (Phi) is 6.71. The zero-order chi connectivity index (χ0) is 19.8. The van der Waals surface area contributed by atoms with Crippen LogP contribution in [0.25, 0.3) is 6.08 Å². The van der Waals surface area contributed by atoms with Gasteiger partial charge in [0.15, 0.2) is 0 Å². The number of nitrogens with zero attached hydrogens (tertiary/aromatic N) is 1. The van der Waals surface area contributed by atoms with Crippen molar-refractivity contribution in [2.75, 3.05) is 26.0 Å². The van der Waals surface area contributed by atoms with Gasteiger partial charge in [0.2, 0.25) is 11.8 Å². The van der Waals surface area contributed by atoms with Crippen LogP contribution in [0.1, 0.15) is 15.9 Å². The zero-order valence-corrected chi connectivity index (χ0v) is 15.0. The van der Waals surface area contributed by atoms with E-state index in [2.05, 4.69) is 5.32 Å². The van der Waals surface area contributed by atoms with Crippen LogP contribution in [-0.2, 0) is 9.59 Å². The summed E-state index contributed by atoms with van der Waals surface area (Å²) in [6, 6.07) is 13.0. The highest BCUT2D eigenvalue weighted by atomic mass is 16.5. The van der Waals surface area contributed by atoms with E-state index in [0.717, 1.165) is 5.56 Å². The number of nitrogens with one attached hydrogen (secondary N) is 1. The second-order valence-corrected chi connectivity index (χ2v) is 5.73. The number of hydrogen-bond donors (Lipinski definition) is 2.